The predicted octanol–water partition coefficient (Wildman–Crippen LogP) is -1.02. The van der Waals surface area contributed by atoms with E-state index in [1.807, 2.05) is 0 Å². The molecule has 80 valence electrons. The molecule has 2 N–H and O–H groups in total. The summed E-state index contributed by atoms with van der Waals surface area (Å²) in [7, 11) is -2.20. The molecule has 0 aliphatic carbocycles. The van der Waals surface area contributed by atoms with Crippen LogP contribution >= 0.6 is 11.3 Å². The monoisotopic (exact) mass is 238 g/mol. The van der Waals surface area contributed by atoms with Crippen LogP contribution < -0.4 is 9.94 Å². The molecule has 0 bridgehead atoms. The average molecular weight is 238 g/mol. The molecular weight excluding hydrogens is 228 g/mol. The van der Waals surface area contributed by atoms with E-state index in [4.69, 9.17) is 9.98 Å². The zero-order chi connectivity index (χ0) is 10.8. The zero-order valence-electron chi connectivity index (χ0n) is 7.67. The Morgan fingerprint density at radius 1 is 1.71 bits per heavy atom. The van der Waals surface area contributed by atoms with Gasteiger partial charge in [0.05, 0.1) is 0 Å². The van der Waals surface area contributed by atoms with E-state index in [-0.39, 0.29) is 4.34 Å². The molecule has 1 aromatic heterocycles. The molecule has 0 atom stereocenters. The zero-order valence-corrected chi connectivity index (χ0v) is 9.30. The van der Waals surface area contributed by atoms with Crippen LogP contribution in [0.25, 0.3) is 0 Å². The van der Waals surface area contributed by atoms with Crippen LogP contribution in [0.1, 0.15) is 6.92 Å². The highest BCUT2D eigenvalue weighted by Gasteiger charge is 2.14. The van der Waals surface area contributed by atoms with E-state index in [2.05, 4.69) is 10.3 Å². The van der Waals surface area contributed by atoms with Crippen molar-refractivity contribution in [1.82, 2.24) is 9.78 Å². The maximum Gasteiger partial charge on any atom is 0.267 e. The van der Waals surface area contributed by atoms with E-state index in [9.17, 15) is 8.42 Å². The quantitative estimate of drug-likeness (QED) is 0.681. The van der Waals surface area contributed by atoms with Crippen LogP contribution in [0.15, 0.2) is 9.50 Å². The Balaban J connectivity index is 3.18. The number of rotatable bonds is 3. The summed E-state index contributed by atoms with van der Waals surface area (Å²) in [6, 6.07) is 0. The van der Waals surface area contributed by atoms with E-state index in [1.165, 1.54) is 4.68 Å². The lowest BCUT2D eigenvalue weighted by Crippen LogP contribution is -2.13. The van der Waals surface area contributed by atoms with Gasteiger partial charge in [-0.3, -0.25) is 0 Å². The Morgan fingerprint density at radius 2 is 2.36 bits per heavy atom. The summed E-state index contributed by atoms with van der Waals surface area (Å²) >= 11 is 0.854. The van der Waals surface area contributed by atoms with Crippen LogP contribution in [0.4, 0.5) is 0 Å². The van der Waals surface area contributed by atoms with Crippen LogP contribution in [0, 0.1) is 0 Å². The minimum absolute atomic E-state index is 0.182. The van der Waals surface area contributed by atoms with E-state index < -0.39 is 10.0 Å². The van der Waals surface area contributed by atoms with Gasteiger partial charge in [-0.2, -0.15) is 0 Å². The minimum Gasteiger partial charge on any atom is -0.394 e. The third-order valence-electron chi connectivity index (χ3n) is 1.20. The average Bonchev–Trinajstić information content (AvgIpc) is 2.43. The van der Waals surface area contributed by atoms with Crippen molar-refractivity contribution in [3.05, 3.63) is 4.80 Å². The minimum atomic E-state index is -3.76. The van der Waals surface area contributed by atoms with Gasteiger partial charge in [0.15, 0.2) is 0 Å². The van der Waals surface area contributed by atoms with E-state index >= 15 is 0 Å². The largest absolute Gasteiger partial charge is 0.394 e. The van der Waals surface area contributed by atoms with Gasteiger partial charge in [-0.05, 0) is 6.92 Å². The summed E-state index contributed by atoms with van der Waals surface area (Å²) in [6.45, 7) is 2.17. The highest BCUT2D eigenvalue weighted by atomic mass is 32.2. The number of hydrogen-bond acceptors (Lipinski definition) is 6. The fourth-order valence-corrected chi connectivity index (χ4v) is 2.15. The molecule has 7 nitrogen and oxygen atoms in total. The molecule has 0 fully saturated rings. The Bertz CT molecular complexity index is 471. The van der Waals surface area contributed by atoms with Gasteiger partial charge in [0.1, 0.15) is 6.61 Å². The van der Waals surface area contributed by atoms with Crippen molar-refractivity contribution in [3.8, 4) is 0 Å². The van der Waals surface area contributed by atoms with Crippen LogP contribution in [-0.4, -0.2) is 24.8 Å². The third-order valence-corrected chi connectivity index (χ3v) is 3.50. The summed E-state index contributed by atoms with van der Waals surface area (Å²) in [5.74, 6) is 0. The van der Waals surface area contributed by atoms with Gasteiger partial charge in [0, 0.05) is 7.05 Å². The summed E-state index contributed by atoms with van der Waals surface area (Å²) in [6.07, 6.45) is 0. The Kier molecular flexibility index (Phi) is 3.24. The summed E-state index contributed by atoms with van der Waals surface area (Å²) in [5.41, 5.74) is 0. The molecule has 0 saturated carbocycles. The topological polar surface area (TPSA) is 99.6 Å². The number of sulfonamides is 1. The second-order valence-corrected chi connectivity index (χ2v) is 5.02. The molecule has 0 radical (unpaired) electrons. The smallest absolute Gasteiger partial charge is 0.267 e. The summed E-state index contributed by atoms with van der Waals surface area (Å²) < 4.78 is 22.9. The fourth-order valence-electron chi connectivity index (χ4n) is 0.642. The van der Waals surface area contributed by atoms with Gasteiger partial charge in [0.25, 0.3) is 10.0 Å². The molecule has 1 heterocycles. The molecule has 0 aromatic carbocycles. The summed E-state index contributed by atoms with van der Waals surface area (Å²) in [4.78, 5) is 5.11. The Morgan fingerprint density at radius 3 is 2.79 bits per heavy atom. The first-order valence-electron chi connectivity index (χ1n) is 3.68. The molecule has 0 unspecified atom stereocenters. The SMILES string of the molecule is CCON=c1sc(S(N)(=O)=O)nn1C. The lowest BCUT2D eigenvalue weighted by Gasteiger charge is -1.88. The highest BCUT2D eigenvalue weighted by molar-refractivity contribution is 7.91. The Labute approximate surface area is 84.8 Å². The molecule has 1 aromatic rings. The number of primary sulfonamides is 1. The molecule has 0 aliphatic rings. The maximum atomic E-state index is 10.9. The normalized spacial score (nSPS) is 13.2. The van der Waals surface area contributed by atoms with Crippen molar-refractivity contribution < 1.29 is 13.3 Å². The van der Waals surface area contributed by atoms with Crippen LogP contribution in [0.3, 0.4) is 0 Å². The van der Waals surface area contributed by atoms with Crippen molar-refractivity contribution in [2.75, 3.05) is 6.61 Å². The molecular formula is C5H10N4O3S2. The summed E-state index contributed by atoms with van der Waals surface area (Å²) in [5, 5.41) is 12.2. The fraction of sp³-hybridized carbons (Fsp3) is 0.600. The van der Waals surface area contributed by atoms with Crippen molar-refractivity contribution >= 4 is 21.4 Å². The Hall–Kier alpha value is -0.930. The lowest BCUT2D eigenvalue weighted by atomic mass is 10.9. The molecule has 0 saturated heterocycles. The molecule has 0 aliphatic heterocycles. The van der Waals surface area contributed by atoms with Crippen LogP contribution in [0.5, 0.6) is 0 Å². The van der Waals surface area contributed by atoms with E-state index in [0.29, 0.717) is 11.4 Å². The molecule has 1 rings (SSSR count). The van der Waals surface area contributed by atoms with Crippen molar-refractivity contribution in [2.45, 2.75) is 11.3 Å². The van der Waals surface area contributed by atoms with Gasteiger partial charge in [-0.15, -0.1) is 5.10 Å². The van der Waals surface area contributed by atoms with Crippen molar-refractivity contribution in [3.63, 3.8) is 0 Å². The molecule has 14 heavy (non-hydrogen) atoms. The first kappa shape index (κ1) is 11.1. The lowest BCUT2D eigenvalue weighted by molar-refractivity contribution is 0.145. The second kappa shape index (κ2) is 4.07. The number of aromatic nitrogens is 2. The molecule has 9 heteroatoms. The number of nitrogens with two attached hydrogens (primary N) is 1. The first-order valence-corrected chi connectivity index (χ1v) is 6.04. The van der Waals surface area contributed by atoms with Crippen molar-refractivity contribution in [1.29, 1.82) is 0 Å². The third kappa shape index (κ3) is 2.53. The number of hydrogen-bond donors (Lipinski definition) is 1. The highest BCUT2D eigenvalue weighted by Crippen LogP contribution is 2.03. The van der Waals surface area contributed by atoms with Gasteiger partial charge < -0.3 is 4.84 Å². The van der Waals surface area contributed by atoms with Crippen molar-refractivity contribution in [2.24, 2.45) is 17.3 Å². The first-order chi connectivity index (χ1) is 6.45. The second-order valence-electron chi connectivity index (χ2n) is 2.33. The van der Waals surface area contributed by atoms with Gasteiger partial charge in [0.2, 0.25) is 9.14 Å². The van der Waals surface area contributed by atoms with Gasteiger partial charge in [-0.1, -0.05) is 16.5 Å². The number of nitrogens with zero attached hydrogens (tertiary/aromatic N) is 3. The predicted molar refractivity (Wildman–Crippen MR) is 49.6 cm³/mol. The standard InChI is InChI=1S/C5H10N4O3S2/c1-3-12-8-4-9(2)7-5(13-4)14(6,10)11/h3H2,1-2H3,(H2,6,10,11). The maximum absolute atomic E-state index is 10.9. The van der Waals surface area contributed by atoms with Gasteiger partial charge >= 0.3 is 0 Å². The van der Waals surface area contributed by atoms with Gasteiger partial charge in [-0.25, -0.2) is 18.2 Å². The molecule has 0 spiro atoms. The van der Waals surface area contributed by atoms with E-state index in [0.717, 1.165) is 11.3 Å². The van der Waals surface area contributed by atoms with Crippen LogP contribution in [-0.2, 0) is 21.9 Å². The van der Waals surface area contributed by atoms with Crippen LogP contribution in [0.2, 0.25) is 0 Å². The number of aryl methyl sites for hydroxylation is 1. The van der Waals surface area contributed by atoms with E-state index in [1.54, 1.807) is 14.0 Å². The molecule has 0 amide bonds.